The van der Waals surface area contributed by atoms with E-state index in [1.165, 1.54) is 4.31 Å². The van der Waals surface area contributed by atoms with E-state index in [1.807, 2.05) is 13.0 Å². The molecule has 4 nitrogen and oxygen atoms in total. The lowest BCUT2D eigenvalue weighted by Crippen LogP contribution is -2.34. The fraction of sp³-hybridized carbons (Fsp3) is 0.600. The van der Waals surface area contributed by atoms with Crippen molar-refractivity contribution in [1.29, 1.82) is 0 Å². The van der Waals surface area contributed by atoms with Gasteiger partial charge in [0.25, 0.3) is 0 Å². The zero-order valence-electron chi connectivity index (χ0n) is 12.5. The molecule has 1 fully saturated rings. The molecule has 1 saturated heterocycles. The van der Waals surface area contributed by atoms with Gasteiger partial charge in [0.05, 0.1) is 4.90 Å². The second-order valence-corrected chi connectivity index (χ2v) is 7.80. The Kier molecular flexibility index (Phi) is 5.66. The van der Waals surface area contributed by atoms with Crippen LogP contribution in [0.15, 0.2) is 23.1 Å². The maximum Gasteiger partial charge on any atom is 0.243 e. The number of halogens is 1. The van der Waals surface area contributed by atoms with Crippen molar-refractivity contribution in [3.05, 3.63) is 29.3 Å². The van der Waals surface area contributed by atoms with Crippen LogP contribution in [0.2, 0.25) is 0 Å². The Morgan fingerprint density at radius 2 is 2.00 bits per heavy atom. The molecule has 0 bridgehead atoms. The zero-order chi connectivity index (χ0) is 15.5. The molecule has 0 spiro atoms. The molecule has 1 aliphatic heterocycles. The average molecular weight is 332 g/mol. The van der Waals surface area contributed by atoms with Crippen LogP contribution in [0.3, 0.4) is 0 Å². The molecule has 0 radical (unpaired) electrons. The molecule has 1 aromatic carbocycles. The SMILES string of the molecule is Cc1c(CCl)cccc1S(=O)(=O)N(C)CC1CCOCC1. The van der Waals surface area contributed by atoms with E-state index in [-0.39, 0.29) is 0 Å². The molecule has 0 N–H and O–H groups in total. The van der Waals surface area contributed by atoms with Crippen molar-refractivity contribution in [2.24, 2.45) is 5.92 Å². The van der Waals surface area contributed by atoms with Crippen LogP contribution in [-0.2, 0) is 20.6 Å². The lowest BCUT2D eigenvalue weighted by atomic mass is 10.0. The van der Waals surface area contributed by atoms with Gasteiger partial charge in [0, 0.05) is 32.7 Å². The molecule has 1 aliphatic rings. The van der Waals surface area contributed by atoms with Crippen LogP contribution in [0.1, 0.15) is 24.0 Å². The highest BCUT2D eigenvalue weighted by Gasteiger charge is 2.26. The number of nitrogens with zero attached hydrogens (tertiary/aromatic N) is 1. The summed E-state index contributed by atoms with van der Waals surface area (Å²) in [6, 6.07) is 5.26. The largest absolute Gasteiger partial charge is 0.381 e. The van der Waals surface area contributed by atoms with E-state index in [0.29, 0.717) is 23.2 Å². The summed E-state index contributed by atoms with van der Waals surface area (Å²) in [6.45, 7) is 3.79. The molecular weight excluding hydrogens is 310 g/mol. The Morgan fingerprint density at radius 1 is 1.33 bits per heavy atom. The van der Waals surface area contributed by atoms with E-state index in [0.717, 1.165) is 37.2 Å². The van der Waals surface area contributed by atoms with Gasteiger partial charge in [-0.1, -0.05) is 12.1 Å². The monoisotopic (exact) mass is 331 g/mol. The Labute approximate surface area is 132 Å². The van der Waals surface area contributed by atoms with Crippen molar-refractivity contribution in [3.8, 4) is 0 Å². The van der Waals surface area contributed by atoms with Crippen molar-refractivity contribution >= 4 is 21.6 Å². The maximum absolute atomic E-state index is 12.7. The highest BCUT2D eigenvalue weighted by atomic mass is 35.5. The van der Waals surface area contributed by atoms with Crippen molar-refractivity contribution < 1.29 is 13.2 Å². The summed E-state index contributed by atoms with van der Waals surface area (Å²) in [6.07, 6.45) is 1.83. The van der Waals surface area contributed by atoms with Crippen LogP contribution in [0.25, 0.3) is 0 Å². The third-order valence-corrected chi connectivity index (χ3v) is 6.34. The minimum atomic E-state index is -3.47. The van der Waals surface area contributed by atoms with E-state index in [9.17, 15) is 8.42 Å². The highest BCUT2D eigenvalue weighted by molar-refractivity contribution is 7.89. The molecule has 21 heavy (non-hydrogen) atoms. The maximum atomic E-state index is 12.7. The molecule has 0 aliphatic carbocycles. The smallest absolute Gasteiger partial charge is 0.243 e. The van der Waals surface area contributed by atoms with E-state index in [4.69, 9.17) is 16.3 Å². The molecule has 0 saturated carbocycles. The van der Waals surface area contributed by atoms with E-state index >= 15 is 0 Å². The van der Waals surface area contributed by atoms with E-state index in [1.54, 1.807) is 19.2 Å². The molecular formula is C15H22ClNO3S. The van der Waals surface area contributed by atoms with Crippen LogP contribution in [0, 0.1) is 12.8 Å². The molecule has 1 heterocycles. The zero-order valence-corrected chi connectivity index (χ0v) is 14.1. The van der Waals surface area contributed by atoms with Crippen LogP contribution >= 0.6 is 11.6 Å². The van der Waals surface area contributed by atoms with Crippen molar-refractivity contribution in [2.75, 3.05) is 26.8 Å². The van der Waals surface area contributed by atoms with Gasteiger partial charge < -0.3 is 4.74 Å². The van der Waals surface area contributed by atoms with Crippen molar-refractivity contribution in [2.45, 2.75) is 30.5 Å². The van der Waals surface area contributed by atoms with Gasteiger partial charge in [0.15, 0.2) is 0 Å². The molecule has 0 atom stereocenters. The standard InChI is InChI=1S/C15H22ClNO3S/c1-12-14(10-16)4-3-5-15(12)21(18,19)17(2)11-13-6-8-20-9-7-13/h3-5,13H,6-11H2,1-2H3. The lowest BCUT2D eigenvalue weighted by Gasteiger charge is -2.27. The third kappa shape index (κ3) is 3.77. The summed E-state index contributed by atoms with van der Waals surface area (Å²) in [4.78, 5) is 0.357. The summed E-state index contributed by atoms with van der Waals surface area (Å²) in [5.74, 6) is 0.689. The Hall–Kier alpha value is -0.620. The van der Waals surface area contributed by atoms with Gasteiger partial charge in [0.2, 0.25) is 10.0 Å². The number of alkyl halides is 1. The van der Waals surface area contributed by atoms with E-state index in [2.05, 4.69) is 0 Å². The van der Waals surface area contributed by atoms with Crippen molar-refractivity contribution in [3.63, 3.8) is 0 Å². The summed E-state index contributed by atoms with van der Waals surface area (Å²) in [7, 11) is -1.82. The first-order chi connectivity index (χ1) is 9.96. The molecule has 0 amide bonds. The van der Waals surface area contributed by atoms with Gasteiger partial charge in [-0.15, -0.1) is 11.6 Å². The van der Waals surface area contributed by atoms with Gasteiger partial charge in [0.1, 0.15) is 0 Å². The first-order valence-electron chi connectivity index (χ1n) is 7.15. The van der Waals surface area contributed by atoms with Gasteiger partial charge >= 0.3 is 0 Å². The molecule has 1 aromatic rings. The number of hydrogen-bond donors (Lipinski definition) is 0. The Bertz CT molecular complexity index is 583. The molecule has 2 rings (SSSR count). The second kappa shape index (κ2) is 7.09. The quantitative estimate of drug-likeness (QED) is 0.779. The summed E-state index contributed by atoms with van der Waals surface area (Å²) >= 11 is 5.87. The van der Waals surface area contributed by atoms with Crippen LogP contribution in [0.4, 0.5) is 0 Å². The predicted octanol–water partition coefficient (Wildman–Crippen LogP) is 2.78. The molecule has 6 heteroatoms. The van der Waals surface area contributed by atoms with Crippen LogP contribution in [-0.4, -0.2) is 39.5 Å². The van der Waals surface area contributed by atoms with Crippen LogP contribution < -0.4 is 0 Å². The lowest BCUT2D eigenvalue weighted by molar-refractivity contribution is 0.0620. The van der Waals surface area contributed by atoms with Gasteiger partial charge in [-0.3, -0.25) is 0 Å². The first kappa shape index (κ1) is 16.7. The highest BCUT2D eigenvalue weighted by Crippen LogP contribution is 2.25. The summed E-state index contributed by atoms with van der Waals surface area (Å²) in [5, 5.41) is 0. The van der Waals surface area contributed by atoms with Crippen LogP contribution in [0.5, 0.6) is 0 Å². The second-order valence-electron chi connectivity index (χ2n) is 5.52. The first-order valence-corrected chi connectivity index (χ1v) is 9.12. The number of sulfonamides is 1. The number of ether oxygens (including phenoxy) is 1. The Balaban J connectivity index is 2.20. The summed E-state index contributed by atoms with van der Waals surface area (Å²) < 4.78 is 32.3. The predicted molar refractivity (Wildman–Crippen MR) is 84.1 cm³/mol. The van der Waals surface area contributed by atoms with Crippen molar-refractivity contribution in [1.82, 2.24) is 4.31 Å². The normalized spacial score (nSPS) is 17.3. The molecule has 0 unspecified atom stereocenters. The number of hydrogen-bond acceptors (Lipinski definition) is 3. The fourth-order valence-electron chi connectivity index (χ4n) is 2.64. The molecule has 118 valence electrons. The minimum Gasteiger partial charge on any atom is -0.381 e. The molecule has 0 aromatic heterocycles. The average Bonchev–Trinajstić information content (AvgIpc) is 2.48. The van der Waals surface area contributed by atoms with Gasteiger partial charge in [-0.2, -0.15) is 0 Å². The Morgan fingerprint density at radius 3 is 2.62 bits per heavy atom. The van der Waals surface area contributed by atoms with Gasteiger partial charge in [-0.05, 0) is 42.9 Å². The summed E-state index contributed by atoms with van der Waals surface area (Å²) in [5.41, 5.74) is 1.60. The van der Waals surface area contributed by atoms with E-state index < -0.39 is 10.0 Å². The van der Waals surface area contributed by atoms with Gasteiger partial charge in [-0.25, -0.2) is 12.7 Å². The topological polar surface area (TPSA) is 46.6 Å². The fourth-order valence-corrected chi connectivity index (χ4v) is 4.44. The number of rotatable bonds is 5. The minimum absolute atomic E-state index is 0.318. The third-order valence-electron chi connectivity index (χ3n) is 4.08. The number of benzene rings is 1.